The minimum atomic E-state index is -1.12. The van der Waals surface area contributed by atoms with Gasteiger partial charge in [0, 0.05) is 17.2 Å². The normalized spacial score (nSPS) is 23.0. The van der Waals surface area contributed by atoms with Gasteiger partial charge in [-0.25, -0.2) is 10.3 Å². The lowest BCUT2D eigenvalue weighted by molar-refractivity contribution is -0.122. The lowest BCUT2D eigenvalue weighted by Gasteiger charge is -2.52. The number of hydrogen-bond donors (Lipinski definition) is 1. The molecule has 1 aliphatic heterocycles. The Balaban J connectivity index is 1.34. The highest BCUT2D eigenvalue weighted by molar-refractivity contribution is 6.36. The Kier molecular flexibility index (Phi) is 7.03. The molecule has 0 unspecified atom stereocenters. The number of rotatable bonds is 7. The van der Waals surface area contributed by atoms with Crippen molar-refractivity contribution in [2.45, 2.75) is 24.7 Å². The Hall–Kier alpha value is -4.46. The second kappa shape index (κ2) is 10.9. The van der Waals surface area contributed by atoms with Crippen molar-refractivity contribution in [2.75, 3.05) is 11.5 Å². The van der Waals surface area contributed by atoms with E-state index in [2.05, 4.69) is 10.5 Å². The number of hydrazone groups is 1. The van der Waals surface area contributed by atoms with Crippen molar-refractivity contribution in [2.24, 2.45) is 16.9 Å². The third-order valence-electron chi connectivity index (χ3n) is 8.86. The van der Waals surface area contributed by atoms with E-state index in [1.54, 1.807) is 36.5 Å². The molecule has 1 heterocycles. The summed E-state index contributed by atoms with van der Waals surface area (Å²) >= 11 is 12.3. The van der Waals surface area contributed by atoms with Crippen molar-refractivity contribution < 1.29 is 19.1 Å². The zero-order valence-corrected chi connectivity index (χ0v) is 25.2. The molecule has 0 spiro atoms. The van der Waals surface area contributed by atoms with Crippen LogP contribution in [0.25, 0.3) is 0 Å². The molecule has 2 bridgehead atoms. The van der Waals surface area contributed by atoms with Crippen LogP contribution in [0.3, 0.4) is 0 Å². The van der Waals surface area contributed by atoms with E-state index in [9.17, 15) is 14.4 Å². The van der Waals surface area contributed by atoms with Crippen LogP contribution >= 0.6 is 23.2 Å². The largest absolute Gasteiger partial charge is 0.494 e. The first kappa shape index (κ1) is 28.3. The molecule has 1 fully saturated rings. The second-order valence-electron chi connectivity index (χ2n) is 11.2. The van der Waals surface area contributed by atoms with E-state index in [1.807, 2.05) is 55.5 Å². The van der Waals surface area contributed by atoms with Gasteiger partial charge >= 0.3 is 0 Å². The smallest absolute Gasteiger partial charge is 0.272 e. The lowest BCUT2D eigenvalue weighted by Crippen LogP contribution is -2.54. The fourth-order valence-electron chi connectivity index (χ4n) is 7.14. The zero-order chi connectivity index (χ0) is 30.6. The number of halogens is 2. The van der Waals surface area contributed by atoms with Crippen LogP contribution in [0.15, 0.2) is 96.1 Å². The fourth-order valence-corrected chi connectivity index (χ4v) is 7.64. The summed E-state index contributed by atoms with van der Waals surface area (Å²) in [5.74, 6) is -2.16. The van der Waals surface area contributed by atoms with Gasteiger partial charge in [0.2, 0.25) is 11.8 Å². The van der Waals surface area contributed by atoms with Gasteiger partial charge in [-0.3, -0.25) is 14.4 Å². The number of imide groups is 1. The maximum Gasteiger partial charge on any atom is 0.272 e. The predicted molar refractivity (Wildman–Crippen MR) is 170 cm³/mol. The van der Waals surface area contributed by atoms with Crippen LogP contribution < -0.4 is 15.1 Å². The molecule has 2 atom stereocenters. The summed E-state index contributed by atoms with van der Waals surface area (Å²) < 4.78 is 5.72. The highest BCUT2D eigenvalue weighted by atomic mass is 35.5. The van der Waals surface area contributed by atoms with Gasteiger partial charge in [-0.15, -0.1) is 0 Å². The Labute approximate surface area is 264 Å². The van der Waals surface area contributed by atoms with Gasteiger partial charge in [-0.2, -0.15) is 5.10 Å². The first-order valence-corrected chi connectivity index (χ1v) is 15.2. The summed E-state index contributed by atoms with van der Waals surface area (Å²) in [5, 5.41) is 5.04. The average Bonchev–Trinajstić information content (AvgIpc) is 3.30. The molecule has 0 radical (unpaired) electrons. The van der Waals surface area contributed by atoms with Crippen LogP contribution in [0, 0.1) is 11.8 Å². The third-order valence-corrected chi connectivity index (χ3v) is 9.41. The van der Waals surface area contributed by atoms with Crippen molar-refractivity contribution in [3.8, 4) is 5.75 Å². The average molecular weight is 625 g/mol. The Morgan fingerprint density at radius 3 is 2.23 bits per heavy atom. The molecule has 8 rings (SSSR count). The van der Waals surface area contributed by atoms with Gasteiger partial charge in [-0.1, -0.05) is 78.7 Å². The zero-order valence-electron chi connectivity index (χ0n) is 23.7. The number of nitrogens with zero attached hydrogens (tertiary/aromatic N) is 2. The van der Waals surface area contributed by atoms with Gasteiger partial charge in [0.05, 0.1) is 40.1 Å². The molecule has 3 amide bonds. The SMILES string of the molecule is CCCOc1ccc(N2C(=O)[C@H]3C4c5ccccc5C(/C=N\NC(=O)c5ccc(Cl)cc5Cl)(c5ccccc54)[C@H]3C2=O)cc1. The first-order valence-electron chi connectivity index (χ1n) is 14.5. The summed E-state index contributed by atoms with van der Waals surface area (Å²) in [6.45, 7) is 2.60. The highest BCUT2D eigenvalue weighted by Gasteiger charge is 2.68. The Morgan fingerprint density at radius 1 is 0.932 bits per heavy atom. The van der Waals surface area contributed by atoms with Gasteiger partial charge < -0.3 is 4.74 Å². The second-order valence-corrected chi connectivity index (χ2v) is 12.0. The van der Waals surface area contributed by atoms with E-state index in [0.29, 0.717) is 23.1 Å². The Bertz CT molecular complexity index is 1810. The summed E-state index contributed by atoms with van der Waals surface area (Å²) in [6, 6.07) is 27.4. The maximum atomic E-state index is 14.5. The molecule has 0 saturated carbocycles. The number of hydrogen-bond acceptors (Lipinski definition) is 5. The minimum absolute atomic E-state index is 0.190. The number of amides is 3. The predicted octanol–water partition coefficient (Wildman–Crippen LogP) is 6.75. The van der Waals surface area contributed by atoms with E-state index in [-0.39, 0.29) is 28.3 Å². The van der Waals surface area contributed by atoms with E-state index in [1.165, 1.54) is 17.0 Å². The number of carbonyl (C=O) groups excluding carboxylic acids is 3. The summed E-state index contributed by atoms with van der Waals surface area (Å²) in [7, 11) is 0. The van der Waals surface area contributed by atoms with Crippen LogP contribution in [-0.2, 0) is 15.0 Å². The van der Waals surface area contributed by atoms with Crippen molar-refractivity contribution >= 4 is 52.8 Å². The first-order chi connectivity index (χ1) is 21.4. The molecule has 4 aliphatic rings. The number of ether oxygens (including phenoxy) is 1. The van der Waals surface area contributed by atoms with E-state index >= 15 is 0 Å². The number of benzene rings is 4. The Morgan fingerprint density at radius 2 is 1.59 bits per heavy atom. The molecule has 9 heteroatoms. The van der Waals surface area contributed by atoms with Crippen LogP contribution in [0.2, 0.25) is 10.0 Å². The summed E-state index contributed by atoms with van der Waals surface area (Å²) in [6.07, 6.45) is 2.49. The van der Waals surface area contributed by atoms with E-state index in [0.717, 1.165) is 28.7 Å². The quantitative estimate of drug-likeness (QED) is 0.140. The standard InChI is InChI=1S/C35H27Cl2N3O4/c1-2-17-44-22-14-12-21(13-15-22)40-33(42)30-29-23-7-3-5-9-26(23)35(31(30)34(40)43,27-10-6-4-8-24(27)29)19-38-39-32(41)25-16-11-20(36)18-28(25)37/h3-16,18-19,29-31H,2,17H2,1H3,(H,39,41)/b38-19-/t29?,30-,31+,35?/m0/s1. The molecule has 1 N–H and O–H groups in total. The van der Waals surface area contributed by atoms with Crippen molar-refractivity contribution in [1.82, 2.24) is 5.43 Å². The fraction of sp³-hybridized carbons (Fsp3) is 0.200. The minimum Gasteiger partial charge on any atom is -0.494 e. The molecular weight excluding hydrogens is 597 g/mol. The highest BCUT2D eigenvalue weighted by Crippen LogP contribution is 2.63. The molecule has 3 aliphatic carbocycles. The van der Waals surface area contributed by atoms with Crippen molar-refractivity contribution in [3.63, 3.8) is 0 Å². The molecule has 0 aromatic heterocycles. The van der Waals surface area contributed by atoms with Crippen LogP contribution in [0.4, 0.5) is 5.69 Å². The molecule has 4 aromatic carbocycles. The van der Waals surface area contributed by atoms with Crippen LogP contribution in [0.1, 0.15) is 51.9 Å². The van der Waals surface area contributed by atoms with Crippen molar-refractivity contribution in [3.05, 3.63) is 129 Å². The van der Waals surface area contributed by atoms with Crippen molar-refractivity contribution in [1.29, 1.82) is 0 Å². The van der Waals surface area contributed by atoms with E-state index in [4.69, 9.17) is 27.9 Å². The van der Waals surface area contributed by atoms with E-state index < -0.39 is 23.2 Å². The number of anilines is 1. The molecule has 4 aromatic rings. The van der Waals surface area contributed by atoms with Gasteiger partial charge in [0.15, 0.2) is 0 Å². The topological polar surface area (TPSA) is 88.1 Å². The number of carbonyl (C=O) groups is 3. The maximum absolute atomic E-state index is 14.5. The molecular formula is C35H27Cl2N3O4. The molecule has 7 nitrogen and oxygen atoms in total. The molecule has 220 valence electrons. The van der Waals surface area contributed by atoms with Gasteiger partial charge in [-0.05, 0) is 71.1 Å². The monoisotopic (exact) mass is 623 g/mol. The summed E-state index contributed by atoms with van der Waals surface area (Å²) in [5.41, 5.74) is 5.89. The third kappa shape index (κ3) is 4.18. The van der Waals surface area contributed by atoms with Crippen LogP contribution in [-0.4, -0.2) is 30.5 Å². The summed E-state index contributed by atoms with van der Waals surface area (Å²) in [4.78, 5) is 43.2. The van der Waals surface area contributed by atoms with Gasteiger partial charge in [0.25, 0.3) is 5.91 Å². The van der Waals surface area contributed by atoms with Crippen LogP contribution in [0.5, 0.6) is 5.75 Å². The molecule has 1 saturated heterocycles. The lowest BCUT2D eigenvalue weighted by atomic mass is 9.47. The van der Waals surface area contributed by atoms with Gasteiger partial charge in [0.1, 0.15) is 5.75 Å². The number of nitrogens with one attached hydrogen (secondary N) is 1. The molecule has 44 heavy (non-hydrogen) atoms.